The largest absolute Gasteiger partial charge is 0.419 e. The van der Waals surface area contributed by atoms with Gasteiger partial charge in [-0.05, 0) is 18.2 Å². The molecular weight excluding hydrogens is 266 g/mol. The molecule has 0 aliphatic carbocycles. The molecule has 19 heavy (non-hydrogen) atoms. The van der Waals surface area contributed by atoms with E-state index < -0.39 is 23.5 Å². The summed E-state index contributed by atoms with van der Waals surface area (Å²) >= 11 is 0. The molecule has 0 unspecified atom stereocenters. The number of hydrogen-bond acceptors (Lipinski definition) is 3. The number of carbonyl (C=O) groups excluding carboxylic acids is 1. The average Bonchev–Trinajstić information content (AvgIpc) is 2.34. The molecule has 0 aliphatic rings. The van der Waals surface area contributed by atoms with Crippen LogP contribution >= 0.6 is 0 Å². The van der Waals surface area contributed by atoms with Gasteiger partial charge in [0.15, 0.2) is 0 Å². The maximum absolute atomic E-state index is 13.0. The molecule has 1 amide bonds. The first kappa shape index (κ1) is 14.8. The van der Waals surface area contributed by atoms with Gasteiger partial charge in [-0.3, -0.25) is 4.79 Å². The Hall–Kier alpha value is -2.30. The van der Waals surface area contributed by atoms with Crippen LogP contribution in [0.2, 0.25) is 0 Å². The lowest BCUT2D eigenvalue weighted by atomic mass is 10.2. The van der Waals surface area contributed by atoms with Crippen LogP contribution in [0, 0.1) is 17.1 Å². The van der Waals surface area contributed by atoms with Crippen LogP contribution < -0.4 is 10.6 Å². The molecule has 1 aromatic carbocycles. The number of nitrogens with one attached hydrogen (secondary N) is 2. The fourth-order valence-electron chi connectivity index (χ4n) is 1.24. The second-order valence-corrected chi connectivity index (χ2v) is 3.48. The van der Waals surface area contributed by atoms with Crippen molar-refractivity contribution >= 4 is 11.6 Å². The molecule has 0 fully saturated rings. The standard InChI is InChI=1S/C11H9F4N3O/c12-9-2-1-7(5-8(9)11(13,14)15)18-6-10(19)17-4-3-16/h1-2,5,18H,4,6H2,(H,17,19). The normalized spacial score (nSPS) is 10.7. The van der Waals surface area contributed by atoms with Gasteiger partial charge in [-0.1, -0.05) is 0 Å². The third-order valence-electron chi connectivity index (χ3n) is 2.09. The van der Waals surface area contributed by atoms with E-state index in [0.717, 1.165) is 6.07 Å². The van der Waals surface area contributed by atoms with E-state index in [-0.39, 0.29) is 18.8 Å². The number of carbonyl (C=O) groups is 1. The van der Waals surface area contributed by atoms with Gasteiger partial charge in [-0.15, -0.1) is 0 Å². The van der Waals surface area contributed by atoms with Gasteiger partial charge in [0, 0.05) is 5.69 Å². The summed E-state index contributed by atoms with van der Waals surface area (Å²) in [5.41, 5.74) is -1.45. The van der Waals surface area contributed by atoms with E-state index in [1.54, 1.807) is 6.07 Å². The minimum Gasteiger partial charge on any atom is -0.376 e. The molecule has 0 aliphatic heterocycles. The summed E-state index contributed by atoms with van der Waals surface area (Å²) in [6, 6.07) is 4.00. The molecule has 0 bridgehead atoms. The van der Waals surface area contributed by atoms with Gasteiger partial charge in [-0.25, -0.2) is 4.39 Å². The number of nitrogens with zero attached hydrogens (tertiary/aromatic N) is 1. The highest BCUT2D eigenvalue weighted by molar-refractivity contribution is 5.80. The number of nitriles is 1. The summed E-state index contributed by atoms with van der Waals surface area (Å²) in [6.45, 7) is -0.512. The van der Waals surface area contributed by atoms with E-state index in [0.29, 0.717) is 12.1 Å². The van der Waals surface area contributed by atoms with Gasteiger partial charge in [-0.2, -0.15) is 18.4 Å². The number of rotatable bonds is 4. The first-order valence-corrected chi connectivity index (χ1v) is 5.09. The van der Waals surface area contributed by atoms with Crippen molar-refractivity contribution in [2.45, 2.75) is 6.18 Å². The molecule has 102 valence electrons. The van der Waals surface area contributed by atoms with Gasteiger partial charge in [0.25, 0.3) is 0 Å². The van der Waals surface area contributed by atoms with E-state index >= 15 is 0 Å². The SMILES string of the molecule is N#CCNC(=O)CNc1ccc(F)c(C(F)(F)F)c1. The number of anilines is 1. The second-order valence-electron chi connectivity index (χ2n) is 3.48. The molecule has 1 aromatic rings. The first-order chi connectivity index (χ1) is 8.84. The molecule has 1 rings (SSSR count). The van der Waals surface area contributed by atoms with Crippen molar-refractivity contribution in [1.82, 2.24) is 5.32 Å². The fourth-order valence-corrected chi connectivity index (χ4v) is 1.24. The third-order valence-corrected chi connectivity index (χ3v) is 2.09. The fraction of sp³-hybridized carbons (Fsp3) is 0.273. The Kier molecular flexibility index (Phi) is 4.69. The Morgan fingerprint density at radius 1 is 1.37 bits per heavy atom. The van der Waals surface area contributed by atoms with E-state index in [1.165, 1.54) is 0 Å². The molecule has 0 atom stereocenters. The molecule has 2 N–H and O–H groups in total. The van der Waals surface area contributed by atoms with Crippen LogP contribution in [-0.4, -0.2) is 19.0 Å². The van der Waals surface area contributed by atoms with Gasteiger partial charge >= 0.3 is 6.18 Å². The molecule has 0 aromatic heterocycles. The average molecular weight is 275 g/mol. The van der Waals surface area contributed by atoms with Crippen LogP contribution in [-0.2, 0) is 11.0 Å². The maximum atomic E-state index is 13.0. The quantitative estimate of drug-likeness (QED) is 0.651. The summed E-state index contributed by atoms with van der Waals surface area (Å²) in [5, 5.41) is 12.8. The zero-order valence-corrected chi connectivity index (χ0v) is 9.51. The lowest BCUT2D eigenvalue weighted by Crippen LogP contribution is -2.30. The van der Waals surface area contributed by atoms with Crippen molar-refractivity contribution in [2.75, 3.05) is 18.4 Å². The smallest absolute Gasteiger partial charge is 0.376 e. The number of alkyl halides is 3. The van der Waals surface area contributed by atoms with Crippen LogP contribution in [0.4, 0.5) is 23.2 Å². The Morgan fingerprint density at radius 2 is 2.05 bits per heavy atom. The van der Waals surface area contributed by atoms with Crippen LogP contribution in [0.3, 0.4) is 0 Å². The van der Waals surface area contributed by atoms with Crippen molar-refractivity contribution in [2.24, 2.45) is 0 Å². The number of hydrogen-bond donors (Lipinski definition) is 2. The highest BCUT2D eigenvalue weighted by Crippen LogP contribution is 2.32. The second kappa shape index (κ2) is 6.04. The molecule has 0 spiro atoms. The van der Waals surface area contributed by atoms with Gasteiger partial charge in [0.2, 0.25) is 5.91 Å². The van der Waals surface area contributed by atoms with Crippen LogP contribution in [0.5, 0.6) is 0 Å². The number of benzene rings is 1. The van der Waals surface area contributed by atoms with Crippen molar-refractivity contribution < 1.29 is 22.4 Å². The summed E-state index contributed by atoms with van der Waals surface area (Å²) in [4.78, 5) is 11.1. The van der Waals surface area contributed by atoms with Gasteiger partial charge < -0.3 is 10.6 Å². The molecule has 0 heterocycles. The Balaban J connectivity index is 2.71. The lowest BCUT2D eigenvalue weighted by Gasteiger charge is -2.11. The summed E-state index contributed by atoms with van der Waals surface area (Å²) in [7, 11) is 0. The molecular formula is C11H9F4N3O. The van der Waals surface area contributed by atoms with E-state index in [2.05, 4.69) is 10.6 Å². The van der Waals surface area contributed by atoms with Gasteiger partial charge in [0.1, 0.15) is 12.4 Å². The Bertz CT molecular complexity index is 508. The first-order valence-electron chi connectivity index (χ1n) is 5.09. The summed E-state index contributed by atoms with van der Waals surface area (Å²) in [5.74, 6) is -1.94. The molecule has 0 saturated heterocycles. The molecule has 4 nitrogen and oxygen atoms in total. The highest BCUT2D eigenvalue weighted by atomic mass is 19.4. The zero-order chi connectivity index (χ0) is 14.5. The Labute approximate surface area is 106 Å². The summed E-state index contributed by atoms with van der Waals surface area (Å²) in [6.07, 6.45) is -4.80. The minimum absolute atomic E-state index is 0.0409. The van der Waals surface area contributed by atoms with Gasteiger partial charge in [0.05, 0.1) is 18.2 Å². The molecule has 0 radical (unpaired) electrons. The van der Waals surface area contributed by atoms with Crippen molar-refractivity contribution in [3.8, 4) is 6.07 Å². The zero-order valence-electron chi connectivity index (χ0n) is 9.51. The molecule has 0 saturated carbocycles. The van der Waals surface area contributed by atoms with Crippen LogP contribution in [0.15, 0.2) is 18.2 Å². The predicted molar refractivity (Wildman–Crippen MR) is 58.5 cm³/mol. The molecule has 8 heteroatoms. The topological polar surface area (TPSA) is 64.9 Å². The lowest BCUT2D eigenvalue weighted by molar-refractivity contribution is -0.139. The maximum Gasteiger partial charge on any atom is 0.419 e. The van der Waals surface area contributed by atoms with Crippen molar-refractivity contribution in [3.63, 3.8) is 0 Å². The monoisotopic (exact) mass is 275 g/mol. The third kappa shape index (κ3) is 4.46. The van der Waals surface area contributed by atoms with E-state index in [4.69, 9.17) is 5.26 Å². The number of halogens is 4. The minimum atomic E-state index is -4.80. The number of amides is 1. The van der Waals surface area contributed by atoms with E-state index in [1.807, 2.05) is 0 Å². The van der Waals surface area contributed by atoms with E-state index in [9.17, 15) is 22.4 Å². The Morgan fingerprint density at radius 3 is 2.63 bits per heavy atom. The summed E-state index contributed by atoms with van der Waals surface area (Å²) < 4.78 is 50.2. The highest BCUT2D eigenvalue weighted by Gasteiger charge is 2.34. The van der Waals surface area contributed by atoms with Crippen LogP contribution in [0.25, 0.3) is 0 Å². The van der Waals surface area contributed by atoms with Crippen LogP contribution in [0.1, 0.15) is 5.56 Å². The van der Waals surface area contributed by atoms with Crippen molar-refractivity contribution in [1.29, 1.82) is 5.26 Å². The van der Waals surface area contributed by atoms with Crippen molar-refractivity contribution in [3.05, 3.63) is 29.6 Å². The predicted octanol–water partition coefficient (Wildman–Crippen LogP) is 1.90.